The SMILES string of the molecule is CCOC(Cc1ccc(OCCN(CCCCSc2ccccc2)C(=O)NCCOC)cc1)C(=O)O. The molecule has 2 amide bonds. The van der Waals surface area contributed by atoms with Crippen LogP contribution in [0.2, 0.25) is 0 Å². The van der Waals surface area contributed by atoms with Crippen LogP contribution in [0, 0.1) is 0 Å². The minimum absolute atomic E-state index is 0.127. The molecule has 0 aromatic heterocycles. The normalized spacial score (nSPS) is 11.6. The molecule has 0 heterocycles. The van der Waals surface area contributed by atoms with E-state index >= 15 is 0 Å². The number of unbranched alkanes of at least 4 members (excludes halogenated alkanes) is 1. The molecule has 0 spiro atoms. The van der Waals surface area contributed by atoms with E-state index in [1.165, 1.54) is 4.90 Å². The molecule has 0 aliphatic heterocycles. The van der Waals surface area contributed by atoms with Gasteiger partial charge in [-0.3, -0.25) is 0 Å². The van der Waals surface area contributed by atoms with E-state index in [1.807, 2.05) is 54.2 Å². The number of nitrogens with one attached hydrogen (secondary N) is 1. The molecule has 0 saturated carbocycles. The number of benzene rings is 2. The van der Waals surface area contributed by atoms with Crippen molar-refractivity contribution in [3.05, 3.63) is 60.2 Å². The smallest absolute Gasteiger partial charge is 0.333 e. The lowest BCUT2D eigenvalue weighted by atomic mass is 10.1. The molecule has 36 heavy (non-hydrogen) atoms. The van der Waals surface area contributed by atoms with Gasteiger partial charge in [-0.05, 0) is 55.3 Å². The van der Waals surface area contributed by atoms with Crippen LogP contribution >= 0.6 is 11.8 Å². The Morgan fingerprint density at radius 2 is 1.78 bits per heavy atom. The number of methoxy groups -OCH3 is 1. The number of carboxylic acid groups (broad SMARTS) is 1. The van der Waals surface area contributed by atoms with Gasteiger partial charge in [-0.1, -0.05) is 30.3 Å². The van der Waals surface area contributed by atoms with Crippen molar-refractivity contribution in [2.24, 2.45) is 0 Å². The van der Waals surface area contributed by atoms with E-state index in [-0.39, 0.29) is 6.03 Å². The van der Waals surface area contributed by atoms with Gasteiger partial charge in [0, 0.05) is 38.1 Å². The highest BCUT2D eigenvalue weighted by Crippen LogP contribution is 2.18. The van der Waals surface area contributed by atoms with Crippen molar-refractivity contribution in [3.63, 3.8) is 0 Å². The van der Waals surface area contributed by atoms with Gasteiger partial charge in [-0.25, -0.2) is 9.59 Å². The minimum Gasteiger partial charge on any atom is -0.492 e. The van der Waals surface area contributed by atoms with E-state index in [2.05, 4.69) is 17.4 Å². The number of nitrogens with zero attached hydrogens (tertiary/aromatic N) is 1. The highest BCUT2D eigenvalue weighted by molar-refractivity contribution is 7.99. The lowest BCUT2D eigenvalue weighted by Gasteiger charge is -2.23. The largest absolute Gasteiger partial charge is 0.492 e. The number of hydrogen-bond donors (Lipinski definition) is 2. The first-order chi connectivity index (χ1) is 17.5. The average molecular weight is 519 g/mol. The number of aliphatic carboxylic acids is 1. The molecule has 1 unspecified atom stereocenters. The zero-order valence-electron chi connectivity index (χ0n) is 21.2. The summed E-state index contributed by atoms with van der Waals surface area (Å²) >= 11 is 1.82. The summed E-state index contributed by atoms with van der Waals surface area (Å²) in [5.41, 5.74) is 0.857. The zero-order chi connectivity index (χ0) is 26.0. The number of hydrogen-bond acceptors (Lipinski definition) is 6. The molecule has 8 nitrogen and oxygen atoms in total. The molecular formula is C27H38N2O6S. The Hall–Kier alpha value is -2.75. The first kappa shape index (κ1) is 29.5. The molecule has 0 fully saturated rings. The summed E-state index contributed by atoms with van der Waals surface area (Å²) in [5.74, 6) is 0.693. The van der Waals surface area contributed by atoms with Gasteiger partial charge >= 0.3 is 12.0 Å². The van der Waals surface area contributed by atoms with E-state index in [4.69, 9.17) is 14.2 Å². The van der Waals surface area contributed by atoms with Crippen molar-refractivity contribution in [1.82, 2.24) is 10.2 Å². The van der Waals surface area contributed by atoms with Crippen LogP contribution in [0.5, 0.6) is 5.75 Å². The van der Waals surface area contributed by atoms with E-state index in [0.717, 1.165) is 24.2 Å². The third-order valence-electron chi connectivity index (χ3n) is 5.32. The highest BCUT2D eigenvalue weighted by atomic mass is 32.2. The predicted molar refractivity (Wildman–Crippen MR) is 142 cm³/mol. The summed E-state index contributed by atoms with van der Waals surface area (Å²) in [6.45, 7) is 4.49. The fourth-order valence-electron chi connectivity index (χ4n) is 3.43. The Morgan fingerprint density at radius 1 is 1.03 bits per heavy atom. The standard InChI is InChI=1S/C27H38N2O6S/c1-3-34-25(26(30)31)21-22-11-13-23(14-12-22)35-19-17-29(27(32)28-15-18-33-2)16-7-8-20-36-24-9-5-4-6-10-24/h4-6,9-14,25H,3,7-8,15-21H2,1-2H3,(H,28,32)(H,30,31). The van der Waals surface area contributed by atoms with Gasteiger partial charge in [-0.15, -0.1) is 11.8 Å². The summed E-state index contributed by atoms with van der Waals surface area (Å²) in [7, 11) is 1.60. The third-order valence-corrected chi connectivity index (χ3v) is 6.42. The lowest BCUT2D eigenvalue weighted by Crippen LogP contribution is -2.43. The predicted octanol–water partition coefficient (Wildman–Crippen LogP) is 4.33. The van der Waals surface area contributed by atoms with E-state index in [1.54, 1.807) is 18.9 Å². The van der Waals surface area contributed by atoms with Crippen molar-refractivity contribution in [3.8, 4) is 5.75 Å². The molecule has 0 bridgehead atoms. The van der Waals surface area contributed by atoms with E-state index < -0.39 is 12.1 Å². The van der Waals surface area contributed by atoms with Crippen molar-refractivity contribution < 1.29 is 28.9 Å². The summed E-state index contributed by atoms with van der Waals surface area (Å²) in [6.07, 6.45) is 1.33. The molecule has 2 aromatic rings. The molecule has 0 saturated heterocycles. The highest BCUT2D eigenvalue weighted by Gasteiger charge is 2.18. The minimum atomic E-state index is -0.972. The van der Waals surface area contributed by atoms with Gasteiger partial charge in [0.1, 0.15) is 12.4 Å². The number of thioether (sulfide) groups is 1. The quantitative estimate of drug-likeness (QED) is 0.224. The Morgan fingerprint density at radius 3 is 2.44 bits per heavy atom. The summed E-state index contributed by atoms with van der Waals surface area (Å²) in [5, 5.41) is 12.1. The maximum Gasteiger partial charge on any atom is 0.333 e. The first-order valence-corrected chi connectivity index (χ1v) is 13.3. The van der Waals surface area contributed by atoms with Crippen LogP contribution in [-0.2, 0) is 20.7 Å². The molecule has 2 rings (SSSR count). The number of urea groups is 1. The van der Waals surface area contributed by atoms with E-state index in [0.29, 0.717) is 51.6 Å². The van der Waals surface area contributed by atoms with Crippen LogP contribution in [-0.4, -0.2) is 80.4 Å². The van der Waals surface area contributed by atoms with Gasteiger partial charge < -0.3 is 29.5 Å². The second kappa shape index (κ2) is 17.6. The van der Waals surface area contributed by atoms with E-state index in [9.17, 15) is 14.7 Å². The van der Waals surface area contributed by atoms with Gasteiger partial charge in [0.2, 0.25) is 0 Å². The second-order valence-corrected chi connectivity index (χ2v) is 9.23. The third kappa shape index (κ3) is 11.8. The van der Waals surface area contributed by atoms with Crippen molar-refractivity contribution in [2.75, 3.05) is 52.3 Å². The topological polar surface area (TPSA) is 97.3 Å². The van der Waals surface area contributed by atoms with Crippen LogP contribution < -0.4 is 10.1 Å². The second-order valence-electron chi connectivity index (χ2n) is 8.06. The lowest BCUT2D eigenvalue weighted by molar-refractivity contribution is -0.149. The van der Waals surface area contributed by atoms with Crippen molar-refractivity contribution in [1.29, 1.82) is 0 Å². The fraction of sp³-hybridized carbons (Fsp3) is 0.481. The Labute approximate surface area is 218 Å². The number of rotatable bonds is 18. The number of carbonyl (C=O) groups excluding carboxylic acids is 1. The molecule has 0 aliphatic carbocycles. The number of carbonyl (C=O) groups is 2. The van der Waals surface area contributed by atoms with Gasteiger partial charge in [0.05, 0.1) is 13.2 Å². The molecule has 2 aromatic carbocycles. The molecule has 2 N–H and O–H groups in total. The van der Waals surface area contributed by atoms with Crippen LogP contribution in [0.4, 0.5) is 4.79 Å². The molecular weight excluding hydrogens is 480 g/mol. The monoisotopic (exact) mass is 518 g/mol. The average Bonchev–Trinajstić information content (AvgIpc) is 2.88. The molecule has 198 valence electrons. The molecule has 9 heteroatoms. The van der Waals surface area contributed by atoms with Gasteiger partial charge in [-0.2, -0.15) is 0 Å². The molecule has 0 aliphatic rings. The van der Waals surface area contributed by atoms with Crippen LogP contribution in [0.15, 0.2) is 59.5 Å². The number of ether oxygens (including phenoxy) is 3. The van der Waals surface area contributed by atoms with Crippen molar-refractivity contribution in [2.45, 2.75) is 37.2 Å². The maximum atomic E-state index is 12.6. The summed E-state index contributed by atoms with van der Waals surface area (Å²) in [6, 6.07) is 17.5. The van der Waals surface area contributed by atoms with Gasteiger partial charge in [0.25, 0.3) is 0 Å². The molecule has 1 atom stereocenters. The maximum absolute atomic E-state index is 12.6. The van der Waals surface area contributed by atoms with Crippen molar-refractivity contribution >= 4 is 23.8 Å². The summed E-state index contributed by atoms with van der Waals surface area (Å²) < 4.78 is 16.2. The van der Waals surface area contributed by atoms with Gasteiger partial charge in [0.15, 0.2) is 6.10 Å². The Balaban J connectivity index is 1.79. The Bertz CT molecular complexity index is 882. The molecule has 0 radical (unpaired) electrons. The first-order valence-electron chi connectivity index (χ1n) is 12.3. The van der Waals surface area contributed by atoms with Crippen LogP contribution in [0.1, 0.15) is 25.3 Å². The van der Waals surface area contributed by atoms with Crippen LogP contribution in [0.3, 0.4) is 0 Å². The summed E-state index contributed by atoms with van der Waals surface area (Å²) in [4.78, 5) is 27.0. The fourth-order valence-corrected chi connectivity index (χ4v) is 4.36. The number of carboxylic acids is 1. The number of amides is 2. The zero-order valence-corrected chi connectivity index (χ0v) is 22.0. The van der Waals surface area contributed by atoms with Crippen LogP contribution in [0.25, 0.3) is 0 Å². The Kier molecular flexibility index (Phi) is 14.4.